The highest BCUT2D eigenvalue weighted by Gasteiger charge is 2.28. The number of nitrogens with two attached hydrogens (primary N) is 1. The van der Waals surface area contributed by atoms with Gasteiger partial charge in [-0.15, -0.1) is 0 Å². The van der Waals surface area contributed by atoms with Crippen LogP contribution in [0.2, 0.25) is 0 Å². The first-order valence-electron chi connectivity index (χ1n) is 5.09. The van der Waals surface area contributed by atoms with Crippen molar-refractivity contribution in [1.29, 1.82) is 0 Å². The summed E-state index contributed by atoms with van der Waals surface area (Å²) in [6.07, 6.45) is 3.47. The molecule has 2 rings (SSSR count). The Bertz CT molecular complexity index is 384. The molecular weight excluding hydrogens is 210 g/mol. The summed E-state index contributed by atoms with van der Waals surface area (Å²) >= 11 is 1.28. The molecule has 1 fully saturated rings. The Morgan fingerprint density at radius 3 is 2.67 bits per heavy atom. The van der Waals surface area contributed by atoms with Gasteiger partial charge in [-0.1, -0.05) is 11.3 Å². The largest absolute Gasteiger partial charge is 0.375 e. The topological polar surface area (TPSA) is 59.2 Å². The summed E-state index contributed by atoms with van der Waals surface area (Å²) in [6.45, 7) is 1.83. The van der Waals surface area contributed by atoms with E-state index in [1.807, 2.05) is 18.9 Å². The van der Waals surface area contributed by atoms with Crippen molar-refractivity contribution in [3.8, 4) is 0 Å². The Morgan fingerprint density at radius 2 is 2.27 bits per heavy atom. The Balaban J connectivity index is 2.15. The number of anilines is 1. The zero-order valence-electron chi connectivity index (χ0n) is 8.99. The molecule has 1 heterocycles. The highest BCUT2D eigenvalue weighted by Crippen LogP contribution is 2.27. The fourth-order valence-corrected chi connectivity index (χ4v) is 2.53. The summed E-state index contributed by atoms with van der Waals surface area (Å²) in [4.78, 5) is 18.6. The zero-order valence-corrected chi connectivity index (χ0v) is 9.80. The molecule has 0 aliphatic heterocycles. The number of hydrogen-bond acceptors (Lipinski definition) is 4. The molecule has 1 saturated carbocycles. The Morgan fingerprint density at radius 1 is 1.60 bits per heavy atom. The minimum atomic E-state index is 0.0615. The lowest BCUT2D eigenvalue weighted by atomic mass is 9.92. The highest BCUT2D eigenvalue weighted by atomic mass is 32.1. The van der Waals surface area contributed by atoms with Gasteiger partial charge >= 0.3 is 0 Å². The molecule has 1 aromatic heterocycles. The average molecular weight is 225 g/mol. The van der Waals surface area contributed by atoms with Crippen molar-refractivity contribution in [3.05, 3.63) is 10.6 Å². The smallest absolute Gasteiger partial charge is 0.265 e. The maximum absolute atomic E-state index is 12.1. The lowest BCUT2D eigenvalue weighted by molar-refractivity contribution is 0.0656. The van der Waals surface area contributed by atoms with Crippen LogP contribution in [0.4, 0.5) is 5.13 Å². The Hall–Kier alpha value is -1.10. The van der Waals surface area contributed by atoms with E-state index in [1.54, 1.807) is 0 Å². The van der Waals surface area contributed by atoms with E-state index >= 15 is 0 Å². The fourth-order valence-electron chi connectivity index (χ4n) is 1.72. The second kappa shape index (κ2) is 3.81. The molecule has 4 nitrogen and oxygen atoms in total. The number of aryl methyl sites for hydroxylation is 1. The third kappa shape index (κ3) is 1.84. The predicted octanol–water partition coefficient (Wildman–Crippen LogP) is 1.66. The van der Waals surface area contributed by atoms with Gasteiger partial charge in [-0.25, -0.2) is 4.98 Å². The first kappa shape index (κ1) is 10.4. The van der Waals surface area contributed by atoms with Gasteiger partial charge in [-0.05, 0) is 26.2 Å². The maximum Gasteiger partial charge on any atom is 0.265 e. The van der Waals surface area contributed by atoms with Gasteiger partial charge in [0.05, 0.1) is 5.69 Å². The Labute approximate surface area is 93.1 Å². The van der Waals surface area contributed by atoms with Gasteiger partial charge in [-0.3, -0.25) is 4.79 Å². The van der Waals surface area contributed by atoms with Crippen LogP contribution < -0.4 is 5.73 Å². The average Bonchev–Trinajstić information content (AvgIpc) is 2.41. The number of rotatable bonds is 2. The molecule has 1 aliphatic carbocycles. The second-order valence-corrected chi connectivity index (χ2v) is 5.00. The molecule has 0 saturated heterocycles. The fraction of sp³-hybridized carbons (Fsp3) is 0.600. The van der Waals surface area contributed by atoms with Crippen LogP contribution >= 0.6 is 11.3 Å². The summed E-state index contributed by atoms with van der Waals surface area (Å²) in [5, 5.41) is 0.470. The summed E-state index contributed by atoms with van der Waals surface area (Å²) in [5.41, 5.74) is 6.32. The first-order chi connectivity index (χ1) is 7.09. The molecule has 15 heavy (non-hydrogen) atoms. The van der Waals surface area contributed by atoms with Crippen molar-refractivity contribution in [2.45, 2.75) is 32.2 Å². The van der Waals surface area contributed by atoms with Crippen LogP contribution in [0.1, 0.15) is 34.6 Å². The van der Waals surface area contributed by atoms with Gasteiger partial charge in [0, 0.05) is 13.1 Å². The third-order valence-electron chi connectivity index (χ3n) is 2.95. The number of nitrogens with zero attached hydrogens (tertiary/aromatic N) is 2. The van der Waals surface area contributed by atoms with Crippen LogP contribution in [-0.2, 0) is 0 Å². The van der Waals surface area contributed by atoms with Gasteiger partial charge in [0.25, 0.3) is 5.91 Å². The number of amides is 1. The quantitative estimate of drug-likeness (QED) is 0.832. The highest BCUT2D eigenvalue weighted by molar-refractivity contribution is 7.17. The number of aromatic nitrogens is 1. The third-order valence-corrected chi connectivity index (χ3v) is 3.92. The molecule has 2 N–H and O–H groups in total. The first-order valence-corrected chi connectivity index (χ1v) is 5.91. The van der Waals surface area contributed by atoms with E-state index in [2.05, 4.69) is 4.98 Å². The number of nitrogen functional groups attached to an aromatic ring is 1. The van der Waals surface area contributed by atoms with E-state index in [4.69, 9.17) is 5.73 Å². The molecule has 1 aliphatic rings. The van der Waals surface area contributed by atoms with Gasteiger partial charge in [-0.2, -0.15) is 0 Å². The molecule has 82 valence electrons. The molecule has 0 bridgehead atoms. The van der Waals surface area contributed by atoms with E-state index in [0.29, 0.717) is 16.1 Å². The van der Waals surface area contributed by atoms with Crippen molar-refractivity contribution in [2.75, 3.05) is 12.8 Å². The summed E-state index contributed by atoms with van der Waals surface area (Å²) in [6, 6.07) is 0.417. The number of thiazole rings is 1. The number of hydrogen-bond donors (Lipinski definition) is 1. The zero-order chi connectivity index (χ0) is 11.0. The van der Waals surface area contributed by atoms with Crippen LogP contribution in [0, 0.1) is 6.92 Å². The van der Waals surface area contributed by atoms with E-state index < -0.39 is 0 Å². The standard InChI is InChI=1S/C10H15N3OS/c1-6-8(15-10(11)12-6)9(14)13(2)7-4-3-5-7/h7H,3-5H2,1-2H3,(H2,11,12). The normalized spacial score (nSPS) is 16.1. The minimum absolute atomic E-state index is 0.0615. The summed E-state index contributed by atoms with van der Waals surface area (Å²) in [7, 11) is 1.86. The number of carbonyl (C=O) groups is 1. The SMILES string of the molecule is Cc1nc(N)sc1C(=O)N(C)C1CCC1. The molecule has 0 atom stereocenters. The van der Waals surface area contributed by atoms with Gasteiger partial charge in [0.2, 0.25) is 0 Å². The molecule has 0 unspecified atom stereocenters. The lowest BCUT2D eigenvalue weighted by Crippen LogP contribution is -2.41. The Kier molecular flexibility index (Phi) is 2.65. The van der Waals surface area contributed by atoms with Crippen LogP contribution in [0.15, 0.2) is 0 Å². The van der Waals surface area contributed by atoms with Crippen LogP contribution in [0.5, 0.6) is 0 Å². The monoisotopic (exact) mass is 225 g/mol. The maximum atomic E-state index is 12.1. The number of carbonyl (C=O) groups excluding carboxylic acids is 1. The lowest BCUT2D eigenvalue weighted by Gasteiger charge is -2.34. The molecule has 1 aromatic rings. The molecule has 0 spiro atoms. The molecule has 1 amide bonds. The van der Waals surface area contributed by atoms with Gasteiger partial charge in [0.1, 0.15) is 4.88 Å². The van der Waals surface area contributed by atoms with E-state index in [1.165, 1.54) is 17.8 Å². The summed E-state index contributed by atoms with van der Waals surface area (Å²) in [5.74, 6) is 0.0615. The van der Waals surface area contributed by atoms with Gasteiger partial charge < -0.3 is 10.6 Å². The summed E-state index contributed by atoms with van der Waals surface area (Å²) < 4.78 is 0. The van der Waals surface area contributed by atoms with Crippen LogP contribution in [0.25, 0.3) is 0 Å². The minimum Gasteiger partial charge on any atom is -0.375 e. The second-order valence-electron chi connectivity index (χ2n) is 3.97. The van der Waals surface area contributed by atoms with Crippen LogP contribution in [-0.4, -0.2) is 28.9 Å². The molecule has 0 radical (unpaired) electrons. The van der Waals surface area contributed by atoms with Crippen molar-refractivity contribution in [1.82, 2.24) is 9.88 Å². The van der Waals surface area contributed by atoms with E-state index in [-0.39, 0.29) is 5.91 Å². The molecule has 5 heteroatoms. The van der Waals surface area contributed by atoms with Crippen LogP contribution in [0.3, 0.4) is 0 Å². The van der Waals surface area contributed by atoms with Gasteiger partial charge in [0.15, 0.2) is 5.13 Å². The van der Waals surface area contributed by atoms with Crippen molar-refractivity contribution >= 4 is 22.4 Å². The molecule has 0 aromatic carbocycles. The molecular formula is C10H15N3OS. The van der Waals surface area contributed by atoms with E-state index in [9.17, 15) is 4.79 Å². The van der Waals surface area contributed by atoms with Crippen molar-refractivity contribution in [2.24, 2.45) is 0 Å². The predicted molar refractivity (Wildman–Crippen MR) is 61.0 cm³/mol. The van der Waals surface area contributed by atoms with Crippen molar-refractivity contribution in [3.63, 3.8) is 0 Å². The van der Waals surface area contributed by atoms with Crippen molar-refractivity contribution < 1.29 is 4.79 Å². The van der Waals surface area contributed by atoms with E-state index in [0.717, 1.165) is 18.5 Å².